The van der Waals surface area contributed by atoms with E-state index in [0.29, 0.717) is 43.8 Å². The molecule has 1 N–H and O–H groups in total. The number of hydrogen-bond acceptors (Lipinski definition) is 6. The highest BCUT2D eigenvalue weighted by molar-refractivity contribution is 6.06. The molecule has 1 spiro atoms. The highest BCUT2D eigenvalue weighted by Crippen LogP contribution is 2.47. The number of Topliss-reactive ketones (excluding diaryl/α,β-unsaturated/α-hetero) is 1. The number of rotatable bonds is 6. The fourth-order valence-electron chi connectivity index (χ4n) is 6.41. The first kappa shape index (κ1) is 24.1. The monoisotopic (exact) mass is 518 g/mol. The van der Waals surface area contributed by atoms with Crippen molar-refractivity contribution in [1.82, 2.24) is 14.9 Å². The van der Waals surface area contributed by atoms with E-state index in [9.17, 15) is 9.59 Å². The van der Waals surface area contributed by atoms with E-state index >= 15 is 0 Å². The second-order valence-corrected chi connectivity index (χ2v) is 11.0. The van der Waals surface area contributed by atoms with Gasteiger partial charge in [-0.25, -0.2) is 9.97 Å². The lowest BCUT2D eigenvalue weighted by Gasteiger charge is -2.33. The zero-order chi connectivity index (χ0) is 26.4. The highest BCUT2D eigenvalue weighted by atomic mass is 16.5. The van der Waals surface area contributed by atoms with E-state index in [1.165, 1.54) is 5.56 Å². The van der Waals surface area contributed by atoms with Crippen LogP contribution in [0.4, 0.5) is 5.82 Å². The summed E-state index contributed by atoms with van der Waals surface area (Å²) in [6.07, 6.45) is 4.09. The van der Waals surface area contributed by atoms with Crippen molar-refractivity contribution in [3.05, 3.63) is 101 Å². The van der Waals surface area contributed by atoms with Crippen LogP contribution in [-0.4, -0.2) is 52.4 Å². The summed E-state index contributed by atoms with van der Waals surface area (Å²) >= 11 is 0. The maximum Gasteiger partial charge on any atom is 0.237 e. The molecule has 4 heterocycles. The summed E-state index contributed by atoms with van der Waals surface area (Å²) in [5, 5.41) is 3.95. The van der Waals surface area contributed by atoms with Crippen LogP contribution >= 0.6 is 0 Å². The number of pyridine rings is 2. The van der Waals surface area contributed by atoms with E-state index in [-0.39, 0.29) is 17.8 Å². The Morgan fingerprint density at radius 1 is 1.05 bits per heavy atom. The molecule has 2 aromatic heterocycles. The molecule has 4 aromatic rings. The molecular formula is C32H30N4O3. The molecule has 1 aliphatic carbocycles. The van der Waals surface area contributed by atoms with Crippen molar-refractivity contribution in [3.63, 3.8) is 0 Å². The SMILES string of the molecule is O=C(CCC1CN(Cc2ccccc2)CCO1)c1ccc2cc3c(cc2n1)CC1(C3)C(=O)Nc2ncccc21. The minimum absolute atomic E-state index is 0.00699. The van der Waals surface area contributed by atoms with Gasteiger partial charge in [0, 0.05) is 43.2 Å². The summed E-state index contributed by atoms with van der Waals surface area (Å²) in [4.78, 5) is 37.7. The minimum Gasteiger partial charge on any atom is -0.376 e. The van der Waals surface area contributed by atoms with Gasteiger partial charge in [-0.05, 0) is 60.2 Å². The van der Waals surface area contributed by atoms with Gasteiger partial charge in [0.15, 0.2) is 5.78 Å². The molecule has 0 bridgehead atoms. The Morgan fingerprint density at radius 3 is 2.77 bits per heavy atom. The lowest BCUT2D eigenvalue weighted by Crippen LogP contribution is -2.42. The number of carbonyl (C=O) groups excluding carboxylic acids is 2. The van der Waals surface area contributed by atoms with Crippen LogP contribution in [0.15, 0.2) is 72.9 Å². The number of carbonyl (C=O) groups is 2. The van der Waals surface area contributed by atoms with Gasteiger partial charge in [-0.2, -0.15) is 0 Å². The second kappa shape index (κ2) is 9.67. The average molecular weight is 519 g/mol. The molecule has 1 amide bonds. The third-order valence-electron chi connectivity index (χ3n) is 8.44. The number of nitrogens with one attached hydrogen (secondary N) is 1. The van der Waals surface area contributed by atoms with Gasteiger partial charge < -0.3 is 10.1 Å². The van der Waals surface area contributed by atoms with Crippen molar-refractivity contribution in [2.75, 3.05) is 25.0 Å². The summed E-state index contributed by atoms with van der Waals surface area (Å²) in [7, 11) is 0. The molecule has 1 fully saturated rings. The van der Waals surface area contributed by atoms with Crippen molar-refractivity contribution in [2.24, 2.45) is 0 Å². The molecule has 39 heavy (non-hydrogen) atoms. The number of morpholine rings is 1. The molecule has 7 nitrogen and oxygen atoms in total. The Kier molecular flexibility index (Phi) is 5.98. The normalized spacial score (nSPS) is 22.2. The average Bonchev–Trinajstić information content (AvgIpc) is 3.47. The van der Waals surface area contributed by atoms with E-state index in [1.54, 1.807) is 6.20 Å². The first-order valence-electron chi connectivity index (χ1n) is 13.7. The van der Waals surface area contributed by atoms with Crippen LogP contribution in [0, 0.1) is 0 Å². The number of fused-ring (bicyclic) bond motifs is 4. The van der Waals surface area contributed by atoms with Crippen molar-refractivity contribution in [3.8, 4) is 0 Å². The Bertz CT molecular complexity index is 1590. The lowest BCUT2D eigenvalue weighted by molar-refractivity contribution is -0.120. The third-order valence-corrected chi connectivity index (χ3v) is 8.44. The molecule has 0 saturated carbocycles. The quantitative estimate of drug-likeness (QED) is 0.379. The summed E-state index contributed by atoms with van der Waals surface area (Å²) in [6.45, 7) is 3.32. The number of anilines is 1. The van der Waals surface area contributed by atoms with Gasteiger partial charge >= 0.3 is 0 Å². The van der Waals surface area contributed by atoms with Crippen LogP contribution in [0.5, 0.6) is 0 Å². The fourth-order valence-corrected chi connectivity index (χ4v) is 6.41. The summed E-state index contributed by atoms with van der Waals surface area (Å²) in [6, 6.07) is 22.3. The Balaban J connectivity index is 1.04. The zero-order valence-electron chi connectivity index (χ0n) is 21.7. The number of hydrogen-bond donors (Lipinski definition) is 1. The minimum atomic E-state index is -0.615. The summed E-state index contributed by atoms with van der Waals surface area (Å²) in [5.74, 6) is 0.705. The molecule has 2 unspecified atom stereocenters. The number of ether oxygens (including phenoxy) is 1. The molecule has 2 aromatic carbocycles. The molecular weight excluding hydrogens is 488 g/mol. The molecule has 7 rings (SSSR count). The van der Waals surface area contributed by atoms with Crippen LogP contribution in [0.2, 0.25) is 0 Å². The predicted molar refractivity (Wildman–Crippen MR) is 149 cm³/mol. The highest BCUT2D eigenvalue weighted by Gasteiger charge is 2.51. The van der Waals surface area contributed by atoms with Crippen molar-refractivity contribution >= 4 is 28.4 Å². The standard InChI is InChI=1S/C32H30N4O3/c37-29(11-9-25-20-36(13-14-39-25)19-21-5-2-1-3-6-21)27-10-8-22-15-23-17-32(18-24(23)16-28(22)34-27)26-7-4-12-33-30(26)35-31(32)38/h1-8,10,12,15-16,25H,9,11,13-14,17-20H2,(H,33,35,38). The Hall–Kier alpha value is -3.94. The van der Waals surface area contributed by atoms with E-state index in [0.717, 1.165) is 47.2 Å². The smallest absolute Gasteiger partial charge is 0.237 e. The van der Waals surface area contributed by atoms with Crippen molar-refractivity contribution in [1.29, 1.82) is 0 Å². The van der Waals surface area contributed by atoms with Gasteiger partial charge in [0.1, 0.15) is 11.5 Å². The molecule has 1 saturated heterocycles. The molecule has 2 aliphatic heterocycles. The van der Waals surface area contributed by atoms with E-state index in [4.69, 9.17) is 9.72 Å². The van der Waals surface area contributed by atoms with E-state index in [1.807, 2.05) is 30.3 Å². The van der Waals surface area contributed by atoms with E-state index < -0.39 is 5.41 Å². The van der Waals surface area contributed by atoms with Crippen LogP contribution in [0.1, 0.15) is 45.6 Å². The van der Waals surface area contributed by atoms with Crippen LogP contribution in [-0.2, 0) is 34.3 Å². The van der Waals surface area contributed by atoms with Gasteiger partial charge in [-0.1, -0.05) is 42.5 Å². The van der Waals surface area contributed by atoms with Crippen LogP contribution in [0.25, 0.3) is 10.9 Å². The largest absolute Gasteiger partial charge is 0.376 e. The Morgan fingerprint density at radius 2 is 1.90 bits per heavy atom. The van der Waals surface area contributed by atoms with E-state index in [2.05, 4.69) is 51.6 Å². The lowest BCUT2D eigenvalue weighted by atomic mass is 9.79. The van der Waals surface area contributed by atoms with Gasteiger partial charge in [-0.3, -0.25) is 14.5 Å². The van der Waals surface area contributed by atoms with Gasteiger partial charge in [0.2, 0.25) is 5.91 Å². The number of ketones is 1. The first-order chi connectivity index (χ1) is 19.1. The molecule has 7 heteroatoms. The van der Waals surface area contributed by atoms with Crippen LogP contribution in [0.3, 0.4) is 0 Å². The number of nitrogens with zero attached hydrogens (tertiary/aromatic N) is 3. The van der Waals surface area contributed by atoms with Gasteiger partial charge in [0.05, 0.1) is 23.6 Å². The second-order valence-electron chi connectivity index (χ2n) is 11.0. The topological polar surface area (TPSA) is 84.4 Å². The predicted octanol–water partition coefficient (Wildman–Crippen LogP) is 4.48. The number of aromatic nitrogens is 2. The van der Waals surface area contributed by atoms with Gasteiger partial charge in [0.25, 0.3) is 0 Å². The Labute approximate surface area is 227 Å². The van der Waals surface area contributed by atoms with Crippen molar-refractivity contribution in [2.45, 2.75) is 43.7 Å². The van der Waals surface area contributed by atoms with Gasteiger partial charge in [-0.15, -0.1) is 0 Å². The zero-order valence-corrected chi connectivity index (χ0v) is 21.7. The molecule has 3 aliphatic rings. The number of amides is 1. The first-order valence-corrected chi connectivity index (χ1v) is 13.7. The maximum absolute atomic E-state index is 13.1. The van der Waals surface area contributed by atoms with Crippen LogP contribution < -0.4 is 5.32 Å². The molecule has 0 radical (unpaired) electrons. The molecule has 2 atom stereocenters. The van der Waals surface area contributed by atoms with Crippen molar-refractivity contribution < 1.29 is 14.3 Å². The number of benzene rings is 2. The summed E-state index contributed by atoms with van der Waals surface area (Å²) < 4.78 is 5.98. The fraction of sp³-hybridized carbons (Fsp3) is 0.312. The molecule has 196 valence electrons. The third kappa shape index (κ3) is 4.41. The summed E-state index contributed by atoms with van der Waals surface area (Å²) in [5.41, 5.74) is 5.19. The maximum atomic E-state index is 13.1.